The van der Waals surface area contributed by atoms with Gasteiger partial charge in [-0.15, -0.1) is 0 Å². The summed E-state index contributed by atoms with van der Waals surface area (Å²) in [6.45, 7) is 5.88. The van der Waals surface area contributed by atoms with Crippen molar-refractivity contribution in [2.45, 2.75) is 13.5 Å². The SMILES string of the molecule is CCS(=O)(=O)Nc1ccc2c(c1)/C(=C/c1ccc(CN3CCOCC3)cc1)C(=O)N2. The first-order chi connectivity index (χ1) is 14.4. The smallest absolute Gasteiger partial charge is 0.256 e. The number of carbonyl (C=O) groups excluding carboxylic acids is 1. The Morgan fingerprint density at radius 1 is 1.13 bits per heavy atom. The number of amides is 1. The van der Waals surface area contributed by atoms with Crippen molar-refractivity contribution >= 4 is 39.0 Å². The fourth-order valence-electron chi connectivity index (χ4n) is 3.55. The summed E-state index contributed by atoms with van der Waals surface area (Å²) in [6, 6.07) is 13.2. The Bertz CT molecular complexity index is 1070. The summed E-state index contributed by atoms with van der Waals surface area (Å²) in [6.07, 6.45) is 1.83. The minimum absolute atomic E-state index is 0.0131. The van der Waals surface area contributed by atoms with Crippen LogP contribution in [0.5, 0.6) is 0 Å². The molecular weight excluding hydrogens is 402 g/mol. The van der Waals surface area contributed by atoms with Crippen LogP contribution in [0, 0.1) is 0 Å². The van der Waals surface area contributed by atoms with E-state index in [2.05, 4.69) is 27.1 Å². The van der Waals surface area contributed by atoms with Crippen LogP contribution in [0.3, 0.4) is 0 Å². The van der Waals surface area contributed by atoms with Gasteiger partial charge in [0.2, 0.25) is 10.0 Å². The maximum atomic E-state index is 12.5. The molecule has 0 radical (unpaired) electrons. The van der Waals surface area contributed by atoms with Gasteiger partial charge < -0.3 is 10.1 Å². The van der Waals surface area contributed by atoms with E-state index in [0.717, 1.165) is 38.4 Å². The molecule has 2 aliphatic rings. The molecule has 2 N–H and O–H groups in total. The van der Waals surface area contributed by atoms with Gasteiger partial charge in [-0.25, -0.2) is 8.42 Å². The lowest BCUT2D eigenvalue weighted by Gasteiger charge is -2.26. The number of ether oxygens (including phenoxy) is 1. The van der Waals surface area contributed by atoms with Crippen LogP contribution in [0.4, 0.5) is 11.4 Å². The molecule has 2 aliphatic heterocycles. The van der Waals surface area contributed by atoms with Crippen molar-refractivity contribution in [2.75, 3.05) is 42.1 Å². The Morgan fingerprint density at radius 3 is 2.57 bits per heavy atom. The summed E-state index contributed by atoms with van der Waals surface area (Å²) in [5.41, 5.74) is 4.45. The monoisotopic (exact) mass is 427 g/mol. The third-order valence-corrected chi connectivity index (χ3v) is 6.56. The van der Waals surface area contributed by atoms with Crippen LogP contribution in [0.1, 0.15) is 23.6 Å². The van der Waals surface area contributed by atoms with E-state index >= 15 is 0 Å². The number of anilines is 2. The summed E-state index contributed by atoms with van der Waals surface area (Å²) >= 11 is 0. The van der Waals surface area contributed by atoms with E-state index in [4.69, 9.17) is 4.74 Å². The van der Waals surface area contributed by atoms with E-state index in [9.17, 15) is 13.2 Å². The lowest BCUT2D eigenvalue weighted by Crippen LogP contribution is -2.35. The van der Waals surface area contributed by atoms with Gasteiger partial charge in [-0.2, -0.15) is 0 Å². The topological polar surface area (TPSA) is 87.7 Å². The second-order valence-electron chi connectivity index (χ2n) is 7.41. The van der Waals surface area contributed by atoms with Crippen molar-refractivity contribution in [3.63, 3.8) is 0 Å². The van der Waals surface area contributed by atoms with Crippen LogP contribution >= 0.6 is 0 Å². The lowest BCUT2D eigenvalue weighted by molar-refractivity contribution is -0.110. The fourth-order valence-corrected chi connectivity index (χ4v) is 4.18. The Kier molecular flexibility index (Phi) is 5.90. The minimum Gasteiger partial charge on any atom is -0.379 e. The van der Waals surface area contributed by atoms with Gasteiger partial charge in [0.25, 0.3) is 5.91 Å². The Hall–Kier alpha value is -2.68. The number of benzene rings is 2. The molecule has 7 nitrogen and oxygen atoms in total. The van der Waals surface area contributed by atoms with Crippen LogP contribution in [0.15, 0.2) is 42.5 Å². The first-order valence-corrected chi connectivity index (χ1v) is 11.7. The predicted molar refractivity (Wildman–Crippen MR) is 119 cm³/mol. The minimum atomic E-state index is -3.38. The second-order valence-corrected chi connectivity index (χ2v) is 9.42. The van der Waals surface area contributed by atoms with Crippen molar-refractivity contribution in [2.24, 2.45) is 0 Å². The van der Waals surface area contributed by atoms with Gasteiger partial charge in [-0.1, -0.05) is 24.3 Å². The van der Waals surface area contributed by atoms with Crippen LogP contribution < -0.4 is 10.0 Å². The zero-order valence-electron chi connectivity index (χ0n) is 16.8. The molecule has 4 rings (SSSR count). The number of rotatable bonds is 6. The highest BCUT2D eigenvalue weighted by molar-refractivity contribution is 7.92. The number of hydrogen-bond donors (Lipinski definition) is 2. The molecule has 1 amide bonds. The van der Waals surface area contributed by atoms with Crippen LogP contribution in [0.2, 0.25) is 0 Å². The van der Waals surface area contributed by atoms with Crippen LogP contribution in [-0.2, 0) is 26.1 Å². The number of morpholine rings is 1. The maximum Gasteiger partial charge on any atom is 0.256 e. The average molecular weight is 428 g/mol. The molecule has 30 heavy (non-hydrogen) atoms. The molecular formula is C22H25N3O4S. The Balaban J connectivity index is 1.54. The van der Waals surface area contributed by atoms with Crippen LogP contribution in [0.25, 0.3) is 11.6 Å². The first kappa shape index (κ1) is 20.6. The molecule has 2 heterocycles. The molecule has 158 valence electrons. The molecule has 1 fully saturated rings. The van der Waals surface area contributed by atoms with E-state index < -0.39 is 10.0 Å². The van der Waals surface area contributed by atoms with Gasteiger partial charge >= 0.3 is 0 Å². The number of sulfonamides is 1. The fraction of sp³-hybridized carbons (Fsp3) is 0.318. The van der Waals surface area contributed by atoms with Crippen LogP contribution in [-0.4, -0.2) is 51.3 Å². The highest BCUT2D eigenvalue weighted by Crippen LogP contribution is 2.35. The molecule has 0 atom stereocenters. The molecule has 2 aromatic carbocycles. The molecule has 0 unspecified atom stereocenters. The van der Waals surface area contributed by atoms with E-state index in [1.54, 1.807) is 25.1 Å². The number of nitrogens with zero attached hydrogens (tertiary/aromatic N) is 1. The molecule has 1 saturated heterocycles. The predicted octanol–water partition coefficient (Wildman–Crippen LogP) is 2.77. The quantitative estimate of drug-likeness (QED) is 0.692. The van der Waals surface area contributed by atoms with E-state index in [0.29, 0.717) is 22.5 Å². The van der Waals surface area contributed by atoms with Gasteiger partial charge in [0.05, 0.1) is 19.0 Å². The Labute approximate surface area is 176 Å². The highest BCUT2D eigenvalue weighted by Gasteiger charge is 2.25. The van der Waals surface area contributed by atoms with Gasteiger partial charge in [0.1, 0.15) is 0 Å². The van der Waals surface area contributed by atoms with E-state index in [1.807, 2.05) is 18.2 Å². The van der Waals surface area contributed by atoms with E-state index in [-0.39, 0.29) is 11.7 Å². The largest absolute Gasteiger partial charge is 0.379 e. The third-order valence-electron chi connectivity index (χ3n) is 5.26. The number of hydrogen-bond acceptors (Lipinski definition) is 5. The number of nitrogens with one attached hydrogen (secondary N) is 2. The molecule has 0 bridgehead atoms. The molecule has 0 spiro atoms. The van der Waals surface area contributed by atoms with Crippen molar-refractivity contribution in [3.8, 4) is 0 Å². The zero-order chi connectivity index (χ0) is 21.1. The van der Waals surface area contributed by atoms with Gasteiger partial charge in [-0.3, -0.25) is 14.4 Å². The molecule has 2 aromatic rings. The standard InChI is InChI=1S/C22H25N3O4S/c1-2-30(27,28)24-18-7-8-21-19(14-18)20(22(26)23-21)13-16-3-5-17(6-4-16)15-25-9-11-29-12-10-25/h3-8,13-14,24H,2,9-12,15H2,1H3,(H,23,26)/b20-13-. The van der Waals surface area contributed by atoms with Crippen molar-refractivity contribution < 1.29 is 17.9 Å². The summed E-state index contributed by atoms with van der Waals surface area (Å²) in [7, 11) is -3.38. The molecule has 0 aliphatic carbocycles. The second kappa shape index (κ2) is 8.59. The Morgan fingerprint density at radius 2 is 1.87 bits per heavy atom. The zero-order valence-corrected chi connectivity index (χ0v) is 17.7. The van der Waals surface area contributed by atoms with Crippen molar-refractivity contribution in [1.82, 2.24) is 4.90 Å². The molecule has 0 aromatic heterocycles. The summed E-state index contributed by atoms with van der Waals surface area (Å²) < 4.78 is 31.6. The molecule has 8 heteroatoms. The van der Waals surface area contributed by atoms with E-state index in [1.165, 1.54) is 5.56 Å². The van der Waals surface area contributed by atoms with Gasteiger partial charge in [0.15, 0.2) is 0 Å². The van der Waals surface area contributed by atoms with Gasteiger partial charge in [-0.05, 0) is 42.3 Å². The summed E-state index contributed by atoms with van der Waals surface area (Å²) in [4.78, 5) is 14.8. The summed E-state index contributed by atoms with van der Waals surface area (Å²) in [5.74, 6) is -0.210. The average Bonchev–Trinajstić information content (AvgIpc) is 3.05. The number of carbonyl (C=O) groups is 1. The summed E-state index contributed by atoms with van der Waals surface area (Å²) in [5, 5.41) is 2.83. The van der Waals surface area contributed by atoms with Gasteiger partial charge in [0, 0.05) is 42.1 Å². The van der Waals surface area contributed by atoms with Crippen molar-refractivity contribution in [1.29, 1.82) is 0 Å². The normalized spacial score (nSPS) is 18.3. The highest BCUT2D eigenvalue weighted by atomic mass is 32.2. The first-order valence-electron chi connectivity index (χ1n) is 10.0. The van der Waals surface area contributed by atoms with Crippen molar-refractivity contribution in [3.05, 3.63) is 59.2 Å². The lowest BCUT2D eigenvalue weighted by atomic mass is 10.0. The third kappa shape index (κ3) is 4.72. The number of fused-ring (bicyclic) bond motifs is 1. The molecule has 0 saturated carbocycles. The maximum absolute atomic E-state index is 12.5.